The predicted molar refractivity (Wildman–Crippen MR) is 228 cm³/mol. The Balaban J connectivity index is 2.53. The Bertz CT molecular complexity index is 1400. The number of hydrogen-bond donors (Lipinski definition) is 4. The monoisotopic (exact) mass is 836 g/mol. The van der Waals surface area contributed by atoms with Crippen molar-refractivity contribution in [3.05, 3.63) is 85.1 Å². The van der Waals surface area contributed by atoms with Gasteiger partial charge in [-0.2, -0.15) is 8.42 Å². The van der Waals surface area contributed by atoms with Gasteiger partial charge >= 0.3 is 11.9 Å². The summed E-state index contributed by atoms with van der Waals surface area (Å²) in [6.07, 6.45) is 34.9. The Labute approximate surface area is 348 Å². The molecule has 0 aromatic heterocycles. The van der Waals surface area contributed by atoms with Crippen LogP contribution in [0.1, 0.15) is 129 Å². The third-order valence-electron chi connectivity index (χ3n) is 8.97. The van der Waals surface area contributed by atoms with E-state index in [1.807, 2.05) is 0 Å². The molecule has 1 fully saturated rings. The highest BCUT2D eigenvalue weighted by atomic mass is 32.2. The quantitative estimate of drug-likeness (QED) is 0.0216. The van der Waals surface area contributed by atoms with Crippen molar-refractivity contribution in [2.45, 2.75) is 166 Å². The third kappa shape index (κ3) is 29.1. The van der Waals surface area contributed by atoms with Gasteiger partial charge < -0.3 is 34.3 Å². The van der Waals surface area contributed by atoms with Crippen molar-refractivity contribution < 1.29 is 56.8 Å². The molecule has 330 valence electrons. The highest BCUT2D eigenvalue weighted by Gasteiger charge is 2.46. The van der Waals surface area contributed by atoms with E-state index in [1.165, 1.54) is 0 Å². The van der Waals surface area contributed by atoms with Crippen molar-refractivity contribution >= 4 is 22.1 Å². The van der Waals surface area contributed by atoms with Crippen LogP contribution in [0.15, 0.2) is 85.1 Å². The minimum Gasteiger partial charge on any atom is -0.462 e. The van der Waals surface area contributed by atoms with Gasteiger partial charge in [0.15, 0.2) is 12.4 Å². The Morgan fingerprint density at radius 3 is 1.57 bits per heavy atom. The van der Waals surface area contributed by atoms with E-state index >= 15 is 0 Å². The minimum absolute atomic E-state index is 0.130. The van der Waals surface area contributed by atoms with Gasteiger partial charge in [0.2, 0.25) is 0 Å². The molecule has 0 aromatic carbocycles. The normalized spacial score (nSPS) is 21.2. The highest BCUT2D eigenvalue weighted by molar-refractivity contribution is 7.85. The molecule has 0 bridgehead atoms. The van der Waals surface area contributed by atoms with Crippen LogP contribution in [0.25, 0.3) is 0 Å². The van der Waals surface area contributed by atoms with Gasteiger partial charge in [0.05, 0.1) is 6.61 Å². The predicted octanol–water partition coefficient (Wildman–Crippen LogP) is 8.11. The van der Waals surface area contributed by atoms with Crippen molar-refractivity contribution in [3.63, 3.8) is 0 Å². The van der Waals surface area contributed by atoms with Crippen LogP contribution in [0.5, 0.6) is 0 Å². The largest absolute Gasteiger partial charge is 0.462 e. The summed E-state index contributed by atoms with van der Waals surface area (Å²) in [4.78, 5) is 25.3. The molecule has 2 unspecified atom stereocenters. The molecule has 0 amide bonds. The fraction of sp³-hybridized carbons (Fsp3) is 0.644. The fourth-order valence-corrected chi connectivity index (χ4v) is 6.43. The van der Waals surface area contributed by atoms with Gasteiger partial charge in [0, 0.05) is 12.8 Å². The topological polar surface area (TPSA) is 186 Å². The van der Waals surface area contributed by atoms with E-state index in [9.17, 15) is 37.9 Å². The van der Waals surface area contributed by atoms with Crippen LogP contribution in [0.2, 0.25) is 0 Å². The summed E-state index contributed by atoms with van der Waals surface area (Å²) in [5.74, 6) is -2.08. The molecule has 13 heteroatoms. The van der Waals surface area contributed by atoms with Crippen LogP contribution >= 0.6 is 0 Å². The van der Waals surface area contributed by atoms with Crippen LogP contribution < -0.4 is 0 Å². The number of allylic oxidation sites excluding steroid dienone is 14. The molecule has 6 atom stereocenters. The first-order valence-corrected chi connectivity index (χ1v) is 22.8. The van der Waals surface area contributed by atoms with E-state index in [0.29, 0.717) is 12.8 Å². The lowest BCUT2D eigenvalue weighted by molar-refractivity contribution is -0.297. The van der Waals surface area contributed by atoms with Gasteiger partial charge in [-0.25, -0.2) is 0 Å². The average Bonchev–Trinajstić information content (AvgIpc) is 3.18. The first kappa shape index (κ1) is 52.8. The van der Waals surface area contributed by atoms with E-state index in [-0.39, 0.29) is 19.4 Å². The second-order valence-electron chi connectivity index (χ2n) is 14.2. The molecule has 0 saturated carbocycles. The average molecular weight is 837 g/mol. The molecule has 1 heterocycles. The van der Waals surface area contributed by atoms with E-state index in [2.05, 4.69) is 98.9 Å². The third-order valence-corrected chi connectivity index (χ3v) is 9.72. The van der Waals surface area contributed by atoms with Crippen molar-refractivity contribution in [1.29, 1.82) is 0 Å². The maximum atomic E-state index is 12.8. The van der Waals surface area contributed by atoms with E-state index in [4.69, 9.17) is 18.9 Å². The van der Waals surface area contributed by atoms with Gasteiger partial charge in [0.1, 0.15) is 36.8 Å². The number of aliphatic hydroxyl groups excluding tert-OH is 3. The maximum absolute atomic E-state index is 12.8. The number of aliphatic hydroxyl groups is 3. The molecule has 58 heavy (non-hydrogen) atoms. The Morgan fingerprint density at radius 2 is 1.03 bits per heavy atom. The molecule has 0 aromatic rings. The zero-order valence-electron chi connectivity index (χ0n) is 34.9. The standard InChI is InChI=1S/C45H72O12S/c1-3-5-7-9-11-13-15-17-19-21-23-25-27-29-31-33-40(46)54-35-38(36-55-45-44(50)43(49)42(48)39(57-45)37-58(51,52)53)56-41(47)34-32-30-28-26-24-22-20-18-16-14-12-10-8-6-4-2/h5-8,11-14,17-20,23,25,38-39,42-45,48-50H,3-4,9-10,15-16,21-22,24,26-37H2,1-2H3,(H,51,52,53)/b7-5+,8-6+,13-11+,14-12+,19-17+,20-18+,25-23+/t38-,39-,42-,43?,44?,45+/m1/s1. The van der Waals surface area contributed by atoms with Crippen LogP contribution in [-0.4, -0.2) is 96.0 Å². The lowest BCUT2D eigenvalue weighted by atomic mass is 10.00. The van der Waals surface area contributed by atoms with Crippen LogP contribution in [0.4, 0.5) is 0 Å². The zero-order chi connectivity index (χ0) is 42.7. The van der Waals surface area contributed by atoms with E-state index in [0.717, 1.165) is 89.9 Å². The van der Waals surface area contributed by atoms with Crippen molar-refractivity contribution in [2.24, 2.45) is 0 Å². The summed E-state index contributed by atoms with van der Waals surface area (Å²) in [6, 6.07) is 0. The van der Waals surface area contributed by atoms with Gasteiger partial charge in [-0.05, 0) is 83.5 Å². The van der Waals surface area contributed by atoms with Gasteiger partial charge in [-0.1, -0.05) is 118 Å². The number of hydrogen-bond acceptors (Lipinski definition) is 11. The van der Waals surface area contributed by atoms with Crippen molar-refractivity contribution in [1.82, 2.24) is 0 Å². The molecule has 0 spiro atoms. The molecule has 12 nitrogen and oxygen atoms in total. The van der Waals surface area contributed by atoms with Crippen molar-refractivity contribution in [3.8, 4) is 0 Å². The van der Waals surface area contributed by atoms with Gasteiger partial charge in [-0.3, -0.25) is 14.1 Å². The summed E-state index contributed by atoms with van der Waals surface area (Å²) in [6.45, 7) is 3.45. The van der Waals surface area contributed by atoms with Gasteiger partial charge in [0.25, 0.3) is 10.1 Å². The summed E-state index contributed by atoms with van der Waals surface area (Å²) in [5, 5.41) is 30.8. The molecule has 0 aliphatic carbocycles. The molecular formula is C45H72O12S. The molecule has 1 rings (SSSR count). The lowest BCUT2D eigenvalue weighted by Gasteiger charge is -2.40. The summed E-state index contributed by atoms with van der Waals surface area (Å²) < 4.78 is 53.9. The summed E-state index contributed by atoms with van der Waals surface area (Å²) in [7, 11) is -4.61. The first-order chi connectivity index (χ1) is 28.0. The molecule has 1 aliphatic rings. The second kappa shape index (κ2) is 34.7. The molecule has 1 aliphatic heterocycles. The van der Waals surface area contributed by atoms with E-state index < -0.39 is 71.2 Å². The smallest absolute Gasteiger partial charge is 0.306 e. The van der Waals surface area contributed by atoms with Gasteiger partial charge in [-0.15, -0.1) is 0 Å². The molecular weight excluding hydrogens is 765 g/mol. The highest BCUT2D eigenvalue weighted by Crippen LogP contribution is 2.24. The maximum Gasteiger partial charge on any atom is 0.306 e. The van der Waals surface area contributed by atoms with Crippen LogP contribution in [0.3, 0.4) is 0 Å². The fourth-order valence-electron chi connectivity index (χ4n) is 5.74. The zero-order valence-corrected chi connectivity index (χ0v) is 35.7. The Hall–Kier alpha value is -3.17. The number of ether oxygens (including phenoxy) is 4. The number of carbonyl (C=O) groups is 2. The number of unbranched alkanes of at least 4 members (excludes halogenated alkanes) is 7. The molecule has 4 N–H and O–H groups in total. The number of esters is 2. The van der Waals surface area contributed by atoms with Crippen molar-refractivity contribution in [2.75, 3.05) is 19.0 Å². The lowest BCUT2D eigenvalue weighted by Crippen LogP contribution is -2.60. The summed E-state index contributed by atoms with van der Waals surface area (Å²) >= 11 is 0. The number of rotatable bonds is 33. The van der Waals surface area contributed by atoms with Crippen LogP contribution in [-0.2, 0) is 38.7 Å². The molecule has 0 radical (unpaired) electrons. The molecule has 1 saturated heterocycles. The number of carbonyl (C=O) groups excluding carboxylic acids is 2. The minimum atomic E-state index is -4.61. The Kier molecular flexibility index (Phi) is 31.6. The second-order valence-corrected chi connectivity index (χ2v) is 15.7. The van der Waals surface area contributed by atoms with Crippen LogP contribution in [0, 0.1) is 0 Å². The summed E-state index contributed by atoms with van der Waals surface area (Å²) in [5.41, 5.74) is 0. The van der Waals surface area contributed by atoms with E-state index in [1.54, 1.807) is 0 Å². The Morgan fingerprint density at radius 1 is 0.586 bits per heavy atom. The SMILES string of the molecule is CC/C=C/C/C=C/C/C=C/C/C=C/CCCCC(=O)OC[C@H](CO[C@H]1O[C@H](CS(=O)(=O)O)[C@@H](O)C(O)C1O)OC(=O)CCCCCCC/C=C/C/C=C/C/C=C/CC. The first-order valence-electron chi connectivity index (χ1n) is 21.1.